The first-order chi connectivity index (χ1) is 8.62. The Morgan fingerprint density at radius 3 is 2.72 bits per heavy atom. The molecule has 0 bridgehead atoms. The normalized spacial score (nSPS) is 27.2. The van der Waals surface area contributed by atoms with Gasteiger partial charge in [-0.2, -0.15) is 0 Å². The Balaban J connectivity index is 2.36. The van der Waals surface area contributed by atoms with Crippen molar-refractivity contribution < 1.29 is 18.9 Å². The highest BCUT2D eigenvalue weighted by Gasteiger charge is 2.40. The maximum atomic E-state index is 5.84. The highest BCUT2D eigenvalue weighted by atomic mass is 16.7. The van der Waals surface area contributed by atoms with E-state index < -0.39 is 5.79 Å². The molecule has 1 fully saturated rings. The van der Waals surface area contributed by atoms with E-state index in [4.69, 9.17) is 24.7 Å². The van der Waals surface area contributed by atoms with E-state index in [-0.39, 0.29) is 6.10 Å². The van der Waals surface area contributed by atoms with Gasteiger partial charge < -0.3 is 24.7 Å². The van der Waals surface area contributed by atoms with Crippen LogP contribution >= 0.6 is 0 Å². The Morgan fingerprint density at radius 1 is 1.39 bits per heavy atom. The summed E-state index contributed by atoms with van der Waals surface area (Å²) in [7, 11) is 3.23. The van der Waals surface area contributed by atoms with Crippen LogP contribution in [-0.2, 0) is 15.3 Å². The summed E-state index contributed by atoms with van der Waals surface area (Å²) in [6, 6.07) is 5.53. The molecule has 5 nitrogen and oxygen atoms in total. The molecule has 0 saturated carbocycles. The van der Waals surface area contributed by atoms with Crippen LogP contribution in [0.25, 0.3) is 0 Å². The second-order valence-electron chi connectivity index (χ2n) is 4.30. The van der Waals surface area contributed by atoms with Gasteiger partial charge in [-0.15, -0.1) is 0 Å². The predicted octanol–water partition coefficient (Wildman–Crippen LogP) is 1.25. The van der Waals surface area contributed by atoms with Crippen LogP contribution in [0.3, 0.4) is 0 Å². The van der Waals surface area contributed by atoms with Gasteiger partial charge in [-0.25, -0.2) is 0 Å². The number of nitrogens with two attached hydrogens (primary N) is 1. The molecule has 1 heterocycles. The van der Waals surface area contributed by atoms with Gasteiger partial charge in [-0.3, -0.25) is 0 Å². The van der Waals surface area contributed by atoms with Crippen LogP contribution in [0.1, 0.15) is 12.5 Å². The highest BCUT2D eigenvalue weighted by molar-refractivity contribution is 5.43. The van der Waals surface area contributed by atoms with Crippen molar-refractivity contribution >= 4 is 0 Å². The van der Waals surface area contributed by atoms with E-state index in [0.717, 1.165) is 11.3 Å². The van der Waals surface area contributed by atoms with E-state index >= 15 is 0 Å². The van der Waals surface area contributed by atoms with Gasteiger partial charge in [0.25, 0.3) is 0 Å². The Kier molecular flexibility index (Phi) is 3.75. The predicted molar refractivity (Wildman–Crippen MR) is 66.8 cm³/mol. The Morgan fingerprint density at radius 2 is 2.17 bits per heavy atom. The molecule has 2 N–H and O–H groups in total. The van der Waals surface area contributed by atoms with Crippen LogP contribution < -0.4 is 15.2 Å². The molecule has 1 aliphatic rings. The van der Waals surface area contributed by atoms with Crippen molar-refractivity contribution in [3.8, 4) is 11.5 Å². The van der Waals surface area contributed by atoms with Crippen LogP contribution in [-0.4, -0.2) is 33.5 Å². The van der Waals surface area contributed by atoms with Crippen LogP contribution in [0.2, 0.25) is 0 Å². The van der Waals surface area contributed by atoms with Crippen LogP contribution in [0, 0.1) is 0 Å². The lowest BCUT2D eigenvalue weighted by molar-refractivity contribution is -0.161. The quantitative estimate of drug-likeness (QED) is 0.875. The number of benzene rings is 1. The van der Waals surface area contributed by atoms with E-state index in [2.05, 4.69) is 0 Å². The van der Waals surface area contributed by atoms with Crippen molar-refractivity contribution in [2.45, 2.75) is 18.8 Å². The van der Waals surface area contributed by atoms with E-state index in [1.165, 1.54) is 0 Å². The summed E-state index contributed by atoms with van der Waals surface area (Å²) in [6.07, 6.45) is -0.0918. The molecule has 100 valence electrons. The highest BCUT2D eigenvalue weighted by Crippen LogP contribution is 2.40. The van der Waals surface area contributed by atoms with E-state index in [9.17, 15) is 0 Å². The SMILES string of the molecule is COc1ccc(OC)c(C2(C)OCC(CN)O2)c1. The first-order valence-corrected chi connectivity index (χ1v) is 5.87. The van der Waals surface area contributed by atoms with E-state index in [0.29, 0.717) is 18.9 Å². The van der Waals surface area contributed by atoms with Crippen molar-refractivity contribution in [3.05, 3.63) is 23.8 Å². The number of ether oxygens (including phenoxy) is 4. The molecule has 2 unspecified atom stereocenters. The largest absolute Gasteiger partial charge is 0.497 e. The smallest absolute Gasteiger partial charge is 0.196 e. The van der Waals surface area contributed by atoms with Crippen molar-refractivity contribution in [2.75, 3.05) is 27.4 Å². The van der Waals surface area contributed by atoms with Crippen molar-refractivity contribution in [1.29, 1.82) is 0 Å². The lowest BCUT2D eigenvalue weighted by atomic mass is 10.1. The molecule has 18 heavy (non-hydrogen) atoms. The molecular formula is C13H19NO4. The van der Waals surface area contributed by atoms with Crippen molar-refractivity contribution in [3.63, 3.8) is 0 Å². The third-order valence-corrected chi connectivity index (χ3v) is 3.10. The number of hydrogen-bond acceptors (Lipinski definition) is 5. The summed E-state index contributed by atoms with van der Waals surface area (Å²) in [4.78, 5) is 0. The molecule has 1 aliphatic heterocycles. The molecule has 1 saturated heterocycles. The third-order valence-electron chi connectivity index (χ3n) is 3.10. The second kappa shape index (κ2) is 5.14. The zero-order valence-corrected chi connectivity index (χ0v) is 10.9. The van der Waals surface area contributed by atoms with E-state index in [1.54, 1.807) is 14.2 Å². The number of hydrogen-bond donors (Lipinski definition) is 1. The molecule has 0 radical (unpaired) electrons. The van der Waals surface area contributed by atoms with Gasteiger partial charge in [0.2, 0.25) is 0 Å². The first-order valence-electron chi connectivity index (χ1n) is 5.87. The fourth-order valence-corrected chi connectivity index (χ4v) is 2.06. The second-order valence-corrected chi connectivity index (χ2v) is 4.30. The Labute approximate surface area is 107 Å². The molecule has 2 rings (SSSR count). The summed E-state index contributed by atoms with van der Waals surface area (Å²) >= 11 is 0. The lowest BCUT2D eigenvalue weighted by Gasteiger charge is -2.26. The molecule has 0 amide bonds. The van der Waals surface area contributed by atoms with Gasteiger partial charge in [-0.1, -0.05) is 0 Å². The minimum Gasteiger partial charge on any atom is -0.497 e. The molecular weight excluding hydrogens is 234 g/mol. The maximum absolute atomic E-state index is 5.84. The number of rotatable bonds is 4. The zero-order valence-electron chi connectivity index (χ0n) is 10.9. The van der Waals surface area contributed by atoms with Gasteiger partial charge in [0.1, 0.15) is 11.5 Å². The first kappa shape index (κ1) is 13.1. The Hall–Kier alpha value is -1.30. The Bertz CT molecular complexity index is 423. The monoisotopic (exact) mass is 253 g/mol. The van der Waals surface area contributed by atoms with Gasteiger partial charge in [0.05, 0.1) is 32.5 Å². The van der Waals surface area contributed by atoms with Gasteiger partial charge >= 0.3 is 0 Å². The summed E-state index contributed by atoms with van der Waals surface area (Å²) < 4.78 is 22.1. The standard InChI is InChI=1S/C13H19NO4/c1-13(17-8-10(7-14)18-13)11-6-9(15-2)4-5-12(11)16-3/h4-6,10H,7-8,14H2,1-3H3. The maximum Gasteiger partial charge on any atom is 0.196 e. The molecule has 5 heteroatoms. The van der Waals surface area contributed by atoms with Crippen molar-refractivity contribution in [1.82, 2.24) is 0 Å². The average molecular weight is 253 g/mol. The molecule has 0 aliphatic carbocycles. The topological polar surface area (TPSA) is 62.9 Å². The van der Waals surface area contributed by atoms with Crippen LogP contribution in [0.15, 0.2) is 18.2 Å². The van der Waals surface area contributed by atoms with Gasteiger partial charge in [0.15, 0.2) is 5.79 Å². The van der Waals surface area contributed by atoms with Crippen molar-refractivity contribution in [2.24, 2.45) is 5.73 Å². The molecule has 0 aromatic heterocycles. The third kappa shape index (κ3) is 2.29. The molecule has 1 aromatic rings. The van der Waals surface area contributed by atoms with E-state index in [1.807, 2.05) is 25.1 Å². The average Bonchev–Trinajstić information content (AvgIpc) is 2.81. The molecule has 0 spiro atoms. The summed E-state index contributed by atoms with van der Waals surface area (Å²) in [5, 5.41) is 0. The lowest BCUT2D eigenvalue weighted by Crippen LogP contribution is -2.27. The van der Waals surface area contributed by atoms with Crippen LogP contribution in [0.5, 0.6) is 11.5 Å². The summed E-state index contributed by atoms with van der Waals surface area (Å²) in [6.45, 7) is 2.77. The zero-order chi connectivity index (χ0) is 13.2. The molecule has 1 aromatic carbocycles. The number of methoxy groups -OCH3 is 2. The minimum atomic E-state index is -0.843. The van der Waals surface area contributed by atoms with Crippen LogP contribution in [0.4, 0.5) is 0 Å². The minimum absolute atomic E-state index is 0.0918. The molecule has 2 atom stereocenters. The van der Waals surface area contributed by atoms with Gasteiger partial charge in [0, 0.05) is 6.54 Å². The van der Waals surface area contributed by atoms with Gasteiger partial charge in [-0.05, 0) is 25.1 Å². The summed E-state index contributed by atoms with van der Waals surface area (Å²) in [5.41, 5.74) is 6.40. The fourth-order valence-electron chi connectivity index (χ4n) is 2.06. The summed E-state index contributed by atoms with van der Waals surface area (Å²) in [5.74, 6) is 0.593. The fraction of sp³-hybridized carbons (Fsp3) is 0.538.